The maximum absolute atomic E-state index is 13.0. The lowest BCUT2D eigenvalue weighted by atomic mass is 10.1. The molecule has 0 spiro atoms. The molecule has 0 bridgehead atoms. The van der Waals surface area contributed by atoms with Gasteiger partial charge in [0.25, 0.3) is 0 Å². The van der Waals surface area contributed by atoms with Crippen LogP contribution in [-0.2, 0) is 4.79 Å². The third-order valence-corrected chi connectivity index (χ3v) is 1.71. The van der Waals surface area contributed by atoms with Gasteiger partial charge in [0, 0.05) is 0 Å². The Morgan fingerprint density at radius 3 is 2.69 bits per heavy atom. The number of halogens is 1. The Bertz CT molecular complexity index is 353. The molecule has 1 aromatic carbocycles. The van der Waals surface area contributed by atoms with Crippen LogP contribution in [0.3, 0.4) is 0 Å². The van der Waals surface area contributed by atoms with Crippen LogP contribution in [0.5, 0.6) is 0 Å². The highest BCUT2D eigenvalue weighted by Gasteiger charge is 1.96. The van der Waals surface area contributed by atoms with E-state index in [9.17, 15) is 9.18 Å². The van der Waals surface area contributed by atoms with Crippen LogP contribution in [0, 0.1) is 12.7 Å². The van der Waals surface area contributed by atoms with E-state index in [1.54, 1.807) is 25.1 Å². The second-order valence-electron chi connectivity index (χ2n) is 2.95. The van der Waals surface area contributed by atoms with E-state index < -0.39 is 0 Å². The van der Waals surface area contributed by atoms with Crippen molar-refractivity contribution in [3.63, 3.8) is 0 Å². The molecule has 0 atom stereocenters. The van der Waals surface area contributed by atoms with Gasteiger partial charge in [-0.15, -0.1) is 0 Å². The van der Waals surface area contributed by atoms with Crippen molar-refractivity contribution in [1.29, 1.82) is 0 Å². The fraction of sp³-hybridized carbons (Fsp3) is 0.182. The van der Waals surface area contributed by atoms with Gasteiger partial charge < -0.3 is 0 Å². The molecule has 0 aliphatic rings. The van der Waals surface area contributed by atoms with Crippen molar-refractivity contribution in [2.75, 3.05) is 0 Å². The van der Waals surface area contributed by atoms with Crippen LogP contribution >= 0.6 is 0 Å². The van der Waals surface area contributed by atoms with Crippen molar-refractivity contribution >= 4 is 11.9 Å². The maximum atomic E-state index is 13.0. The van der Waals surface area contributed by atoms with Gasteiger partial charge in [-0.25, -0.2) is 4.39 Å². The van der Waals surface area contributed by atoms with Crippen LogP contribution in [0.15, 0.2) is 24.3 Å². The summed E-state index contributed by atoms with van der Waals surface area (Å²) < 4.78 is 13.0. The zero-order valence-corrected chi connectivity index (χ0v) is 7.67. The number of carbonyl (C=O) groups excluding carboxylic acids is 1. The largest absolute Gasteiger partial charge is 0.295 e. The quantitative estimate of drug-likeness (QED) is 0.636. The van der Waals surface area contributed by atoms with E-state index in [1.165, 1.54) is 19.1 Å². The lowest BCUT2D eigenvalue weighted by molar-refractivity contribution is -0.112. The van der Waals surface area contributed by atoms with Crippen LogP contribution in [0.4, 0.5) is 4.39 Å². The lowest BCUT2D eigenvalue weighted by Crippen LogP contribution is -1.84. The summed E-state index contributed by atoms with van der Waals surface area (Å²) in [5.74, 6) is -0.285. The number of ketones is 1. The predicted octanol–water partition coefficient (Wildman–Crippen LogP) is 2.74. The Morgan fingerprint density at radius 2 is 2.15 bits per heavy atom. The normalized spacial score (nSPS) is 10.7. The van der Waals surface area contributed by atoms with E-state index in [2.05, 4.69) is 0 Å². The average Bonchev–Trinajstić information content (AvgIpc) is 2.07. The maximum Gasteiger partial charge on any atom is 0.152 e. The topological polar surface area (TPSA) is 17.1 Å². The second-order valence-corrected chi connectivity index (χ2v) is 2.95. The van der Waals surface area contributed by atoms with Gasteiger partial charge in [0.15, 0.2) is 5.78 Å². The first-order chi connectivity index (χ1) is 6.09. The van der Waals surface area contributed by atoms with Gasteiger partial charge in [-0.3, -0.25) is 4.79 Å². The molecule has 0 saturated carbocycles. The van der Waals surface area contributed by atoms with Crippen LogP contribution in [-0.4, -0.2) is 5.78 Å². The number of aryl methyl sites for hydroxylation is 1. The number of hydrogen-bond donors (Lipinski definition) is 0. The Labute approximate surface area is 76.9 Å². The lowest BCUT2D eigenvalue weighted by Gasteiger charge is -1.96. The fourth-order valence-corrected chi connectivity index (χ4v) is 0.926. The molecule has 0 aromatic heterocycles. The standard InChI is InChI=1S/C11H11FO/c1-8-3-5-10(7-11(8)12)6-4-9(2)13/h3-7H,1-2H3. The van der Waals surface area contributed by atoms with Crippen molar-refractivity contribution in [2.24, 2.45) is 0 Å². The smallest absolute Gasteiger partial charge is 0.152 e. The van der Waals surface area contributed by atoms with Gasteiger partial charge in [-0.1, -0.05) is 18.2 Å². The summed E-state index contributed by atoms with van der Waals surface area (Å²) in [4.78, 5) is 10.6. The highest BCUT2D eigenvalue weighted by Crippen LogP contribution is 2.10. The van der Waals surface area contributed by atoms with Gasteiger partial charge in [0.2, 0.25) is 0 Å². The van der Waals surface area contributed by atoms with Gasteiger partial charge >= 0.3 is 0 Å². The number of carbonyl (C=O) groups is 1. The zero-order valence-electron chi connectivity index (χ0n) is 7.67. The summed E-state index contributed by atoms with van der Waals surface area (Å²) in [6, 6.07) is 4.88. The number of allylic oxidation sites excluding steroid dienone is 1. The first-order valence-electron chi connectivity index (χ1n) is 4.04. The molecule has 1 aromatic rings. The van der Waals surface area contributed by atoms with Crippen molar-refractivity contribution in [1.82, 2.24) is 0 Å². The Hall–Kier alpha value is -1.44. The number of benzene rings is 1. The first-order valence-corrected chi connectivity index (χ1v) is 4.04. The molecule has 0 heterocycles. The summed E-state index contributed by atoms with van der Waals surface area (Å²) >= 11 is 0. The highest BCUT2D eigenvalue weighted by molar-refractivity contribution is 5.91. The van der Waals surface area contributed by atoms with E-state index in [-0.39, 0.29) is 11.6 Å². The molecule has 68 valence electrons. The van der Waals surface area contributed by atoms with E-state index in [1.807, 2.05) is 0 Å². The zero-order chi connectivity index (χ0) is 9.84. The summed E-state index contributed by atoms with van der Waals surface area (Å²) in [7, 11) is 0. The van der Waals surface area contributed by atoms with Crippen molar-refractivity contribution < 1.29 is 9.18 Å². The van der Waals surface area contributed by atoms with Crippen molar-refractivity contribution in [2.45, 2.75) is 13.8 Å². The van der Waals surface area contributed by atoms with E-state index in [0.717, 1.165) is 0 Å². The average molecular weight is 178 g/mol. The Kier molecular flexibility index (Phi) is 2.96. The van der Waals surface area contributed by atoms with Crippen molar-refractivity contribution in [3.05, 3.63) is 41.2 Å². The van der Waals surface area contributed by atoms with E-state index >= 15 is 0 Å². The number of rotatable bonds is 2. The van der Waals surface area contributed by atoms with Crippen LogP contribution in [0.25, 0.3) is 6.08 Å². The molecule has 0 saturated heterocycles. The Balaban J connectivity index is 2.92. The van der Waals surface area contributed by atoms with Crippen molar-refractivity contribution in [3.8, 4) is 0 Å². The second kappa shape index (κ2) is 3.99. The van der Waals surface area contributed by atoms with Crippen LogP contribution in [0.1, 0.15) is 18.1 Å². The molecule has 0 aliphatic heterocycles. The third-order valence-electron chi connectivity index (χ3n) is 1.71. The molecule has 0 amide bonds. The summed E-state index contributed by atoms with van der Waals surface area (Å²) in [6.45, 7) is 3.16. The number of hydrogen-bond acceptors (Lipinski definition) is 1. The minimum atomic E-state index is -0.245. The van der Waals surface area contributed by atoms with Gasteiger partial charge in [0.05, 0.1) is 0 Å². The summed E-state index contributed by atoms with van der Waals surface area (Å²) in [6.07, 6.45) is 3.02. The third kappa shape index (κ3) is 2.82. The predicted molar refractivity (Wildman–Crippen MR) is 50.9 cm³/mol. The molecule has 2 heteroatoms. The molecular weight excluding hydrogens is 167 g/mol. The van der Waals surface area contributed by atoms with Gasteiger partial charge in [-0.2, -0.15) is 0 Å². The molecule has 0 aliphatic carbocycles. The monoisotopic (exact) mass is 178 g/mol. The Morgan fingerprint density at radius 1 is 1.46 bits per heavy atom. The highest BCUT2D eigenvalue weighted by atomic mass is 19.1. The SMILES string of the molecule is CC(=O)C=Cc1ccc(C)c(F)c1. The first kappa shape index (κ1) is 9.65. The minimum Gasteiger partial charge on any atom is -0.295 e. The summed E-state index contributed by atoms with van der Waals surface area (Å²) in [5.41, 5.74) is 1.32. The van der Waals surface area contributed by atoms with E-state index in [0.29, 0.717) is 11.1 Å². The van der Waals surface area contributed by atoms with Crippen LogP contribution in [0.2, 0.25) is 0 Å². The summed E-state index contributed by atoms with van der Waals surface area (Å²) in [5, 5.41) is 0. The van der Waals surface area contributed by atoms with Gasteiger partial charge in [-0.05, 0) is 37.1 Å². The molecule has 0 unspecified atom stereocenters. The van der Waals surface area contributed by atoms with E-state index in [4.69, 9.17) is 0 Å². The minimum absolute atomic E-state index is 0.0408. The molecule has 0 fully saturated rings. The van der Waals surface area contributed by atoms with Gasteiger partial charge in [0.1, 0.15) is 5.82 Å². The molecule has 0 N–H and O–H groups in total. The molecule has 1 nitrogen and oxygen atoms in total. The van der Waals surface area contributed by atoms with Crippen LogP contribution < -0.4 is 0 Å². The molecule has 0 radical (unpaired) electrons. The molecule has 13 heavy (non-hydrogen) atoms. The fourth-order valence-electron chi connectivity index (χ4n) is 0.926. The molecular formula is C11H11FO. The molecule has 1 rings (SSSR count).